The van der Waals surface area contributed by atoms with Crippen molar-refractivity contribution in [1.82, 2.24) is 15.3 Å². The third-order valence-electron chi connectivity index (χ3n) is 4.01. The van der Waals surface area contributed by atoms with Crippen LogP contribution in [0, 0.1) is 5.92 Å². The molecule has 2 heterocycles. The zero-order chi connectivity index (χ0) is 18.4. The molecule has 0 fully saturated rings. The number of pyridine rings is 2. The Morgan fingerprint density at radius 2 is 1.88 bits per heavy atom. The topological polar surface area (TPSA) is 47.0 Å². The van der Waals surface area contributed by atoms with Gasteiger partial charge in [0.2, 0.25) is 5.88 Å². The van der Waals surface area contributed by atoms with Crippen molar-refractivity contribution < 1.29 is 4.74 Å². The van der Waals surface area contributed by atoms with E-state index >= 15 is 0 Å². The SMILES string of the molecule is CSc1ccc2cc(CNCc3ccncc3)c(OCC(C)C)nc2c1. The minimum Gasteiger partial charge on any atom is -0.477 e. The van der Waals surface area contributed by atoms with Crippen LogP contribution in [0.4, 0.5) is 0 Å². The molecule has 3 aromatic rings. The van der Waals surface area contributed by atoms with Crippen molar-refractivity contribution >= 4 is 22.7 Å². The fourth-order valence-corrected chi connectivity index (χ4v) is 3.07. The molecule has 0 atom stereocenters. The molecule has 2 aromatic heterocycles. The summed E-state index contributed by atoms with van der Waals surface area (Å²) >= 11 is 1.73. The number of benzene rings is 1. The van der Waals surface area contributed by atoms with Crippen LogP contribution in [0.3, 0.4) is 0 Å². The Hall–Kier alpha value is -2.11. The molecule has 3 rings (SSSR count). The van der Waals surface area contributed by atoms with Crippen LogP contribution in [0.25, 0.3) is 10.9 Å². The van der Waals surface area contributed by atoms with Crippen molar-refractivity contribution in [2.24, 2.45) is 5.92 Å². The van der Waals surface area contributed by atoms with Crippen LogP contribution >= 0.6 is 11.8 Å². The first-order valence-corrected chi connectivity index (χ1v) is 10.1. The molecule has 5 heteroatoms. The summed E-state index contributed by atoms with van der Waals surface area (Å²) in [6.07, 6.45) is 5.71. The highest BCUT2D eigenvalue weighted by Crippen LogP contribution is 2.26. The smallest absolute Gasteiger partial charge is 0.218 e. The van der Waals surface area contributed by atoms with Crippen LogP contribution in [-0.4, -0.2) is 22.8 Å². The maximum absolute atomic E-state index is 6.02. The number of hydrogen-bond acceptors (Lipinski definition) is 5. The van der Waals surface area contributed by atoms with Gasteiger partial charge < -0.3 is 10.1 Å². The van der Waals surface area contributed by atoms with E-state index in [0.717, 1.165) is 28.9 Å². The average Bonchev–Trinajstić information content (AvgIpc) is 2.66. The lowest BCUT2D eigenvalue weighted by Gasteiger charge is -2.14. The average molecular weight is 368 g/mol. The van der Waals surface area contributed by atoms with E-state index < -0.39 is 0 Å². The summed E-state index contributed by atoms with van der Waals surface area (Å²) in [6.45, 7) is 6.46. The number of nitrogens with one attached hydrogen (secondary N) is 1. The van der Waals surface area contributed by atoms with E-state index in [4.69, 9.17) is 9.72 Å². The van der Waals surface area contributed by atoms with Gasteiger partial charge in [0.05, 0.1) is 12.1 Å². The minimum absolute atomic E-state index is 0.461. The second-order valence-electron chi connectivity index (χ2n) is 6.68. The van der Waals surface area contributed by atoms with Gasteiger partial charge in [-0.05, 0) is 48.1 Å². The van der Waals surface area contributed by atoms with Crippen LogP contribution < -0.4 is 10.1 Å². The maximum Gasteiger partial charge on any atom is 0.218 e. The summed E-state index contributed by atoms with van der Waals surface area (Å²) in [5.41, 5.74) is 3.28. The van der Waals surface area contributed by atoms with Crippen molar-refractivity contribution in [3.8, 4) is 5.88 Å². The van der Waals surface area contributed by atoms with Gasteiger partial charge in [-0.2, -0.15) is 0 Å². The third kappa shape index (κ3) is 4.96. The Morgan fingerprint density at radius 1 is 1.08 bits per heavy atom. The normalized spacial score (nSPS) is 11.2. The Kier molecular flexibility index (Phi) is 6.47. The summed E-state index contributed by atoms with van der Waals surface area (Å²) in [6, 6.07) is 12.6. The first-order chi connectivity index (χ1) is 12.7. The van der Waals surface area contributed by atoms with E-state index in [-0.39, 0.29) is 0 Å². The molecule has 4 nitrogen and oxygen atoms in total. The van der Waals surface area contributed by atoms with Crippen LogP contribution in [-0.2, 0) is 13.1 Å². The molecule has 0 radical (unpaired) electrons. The van der Waals surface area contributed by atoms with E-state index in [1.165, 1.54) is 10.5 Å². The van der Waals surface area contributed by atoms with E-state index in [0.29, 0.717) is 19.1 Å². The highest BCUT2D eigenvalue weighted by atomic mass is 32.2. The molecular weight excluding hydrogens is 342 g/mol. The van der Waals surface area contributed by atoms with Crippen LogP contribution in [0.2, 0.25) is 0 Å². The second-order valence-corrected chi connectivity index (χ2v) is 7.55. The van der Waals surface area contributed by atoms with Gasteiger partial charge >= 0.3 is 0 Å². The second kappa shape index (κ2) is 9.01. The first-order valence-electron chi connectivity index (χ1n) is 8.86. The molecule has 136 valence electrons. The van der Waals surface area contributed by atoms with Crippen molar-refractivity contribution in [3.63, 3.8) is 0 Å². The van der Waals surface area contributed by atoms with Crippen molar-refractivity contribution in [1.29, 1.82) is 0 Å². The molecule has 0 amide bonds. The molecule has 0 unspecified atom stereocenters. The van der Waals surface area contributed by atoms with Crippen LogP contribution in [0.1, 0.15) is 25.0 Å². The lowest BCUT2D eigenvalue weighted by Crippen LogP contribution is -2.15. The number of thioether (sulfide) groups is 1. The van der Waals surface area contributed by atoms with Gasteiger partial charge in [0.1, 0.15) is 0 Å². The molecule has 26 heavy (non-hydrogen) atoms. The number of nitrogens with zero attached hydrogens (tertiary/aromatic N) is 2. The van der Waals surface area contributed by atoms with Crippen molar-refractivity contribution in [3.05, 3.63) is 59.9 Å². The summed E-state index contributed by atoms with van der Waals surface area (Å²) in [4.78, 5) is 10.1. The number of fused-ring (bicyclic) bond motifs is 1. The van der Waals surface area contributed by atoms with Gasteiger partial charge in [-0.15, -0.1) is 11.8 Å². The summed E-state index contributed by atoms with van der Waals surface area (Å²) in [5.74, 6) is 1.19. The fourth-order valence-electron chi connectivity index (χ4n) is 2.64. The predicted molar refractivity (Wildman–Crippen MR) is 109 cm³/mol. The molecule has 0 aliphatic rings. The summed E-state index contributed by atoms with van der Waals surface area (Å²) in [5, 5.41) is 4.62. The lowest BCUT2D eigenvalue weighted by molar-refractivity contribution is 0.259. The van der Waals surface area contributed by atoms with Gasteiger partial charge in [0, 0.05) is 41.3 Å². The number of hydrogen-bond donors (Lipinski definition) is 1. The van der Waals surface area contributed by atoms with Gasteiger partial charge in [-0.25, -0.2) is 4.98 Å². The summed E-state index contributed by atoms with van der Waals surface area (Å²) < 4.78 is 6.02. The molecule has 0 bridgehead atoms. The zero-order valence-corrected chi connectivity index (χ0v) is 16.3. The standard InChI is InChI=1S/C21H25N3OS/c1-15(2)14-25-21-18(13-23-12-16-6-8-22-9-7-16)10-17-4-5-19(26-3)11-20(17)24-21/h4-11,15,23H,12-14H2,1-3H3. The molecule has 0 saturated carbocycles. The molecule has 0 spiro atoms. The molecule has 1 N–H and O–H groups in total. The van der Waals surface area contributed by atoms with Gasteiger partial charge in [-0.1, -0.05) is 19.9 Å². The van der Waals surface area contributed by atoms with Crippen molar-refractivity contribution in [2.45, 2.75) is 31.8 Å². The predicted octanol–water partition coefficient (Wildman–Crippen LogP) is 4.68. The Balaban J connectivity index is 1.81. The third-order valence-corrected chi connectivity index (χ3v) is 4.74. The van der Waals surface area contributed by atoms with Crippen molar-refractivity contribution in [2.75, 3.05) is 12.9 Å². The molecule has 1 aromatic carbocycles. The largest absolute Gasteiger partial charge is 0.477 e. The summed E-state index contributed by atoms with van der Waals surface area (Å²) in [7, 11) is 0. The highest BCUT2D eigenvalue weighted by Gasteiger charge is 2.10. The molecule has 0 aliphatic carbocycles. The monoisotopic (exact) mass is 367 g/mol. The highest BCUT2D eigenvalue weighted by molar-refractivity contribution is 7.98. The van der Waals surface area contributed by atoms with Gasteiger partial charge in [0.25, 0.3) is 0 Å². The van der Waals surface area contributed by atoms with E-state index in [2.05, 4.69) is 54.7 Å². The fraction of sp³-hybridized carbons (Fsp3) is 0.333. The zero-order valence-electron chi connectivity index (χ0n) is 15.5. The van der Waals surface area contributed by atoms with E-state index in [9.17, 15) is 0 Å². The van der Waals surface area contributed by atoms with Gasteiger partial charge in [-0.3, -0.25) is 4.98 Å². The van der Waals surface area contributed by atoms with E-state index in [1.807, 2.05) is 24.5 Å². The lowest BCUT2D eigenvalue weighted by atomic mass is 10.1. The number of rotatable bonds is 8. The molecular formula is C21H25N3OS. The Morgan fingerprint density at radius 3 is 2.62 bits per heavy atom. The Labute approximate surface area is 159 Å². The number of ether oxygens (including phenoxy) is 1. The van der Waals surface area contributed by atoms with Crippen LogP contribution in [0.5, 0.6) is 5.88 Å². The van der Waals surface area contributed by atoms with E-state index in [1.54, 1.807) is 11.8 Å². The maximum atomic E-state index is 6.02. The molecule has 0 aliphatic heterocycles. The number of aromatic nitrogens is 2. The van der Waals surface area contributed by atoms with Crippen LogP contribution in [0.15, 0.2) is 53.7 Å². The quantitative estimate of drug-likeness (QED) is 0.586. The Bertz CT molecular complexity index is 853. The van der Waals surface area contributed by atoms with Gasteiger partial charge in [0.15, 0.2) is 0 Å². The minimum atomic E-state index is 0.461. The first kappa shape index (κ1) is 18.7. The molecule has 0 saturated heterocycles.